The molecule has 4 heteroatoms. The van der Waals surface area contributed by atoms with Crippen LogP contribution < -0.4 is 4.57 Å². The van der Waals surface area contributed by atoms with Crippen molar-refractivity contribution in [2.75, 3.05) is 0 Å². The lowest BCUT2D eigenvalue weighted by molar-refractivity contribution is -0.697. The highest BCUT2D eigenvalue weighted by atomic mass is 16.6. The highest BCUT2D eigenvalue weighted by Crippen LogP contribution is 2.20. The van der Waals surface area contributed by atoms with Crippen molar-refractivity contribution in [2.45, 2.75) is 123 Å². The van der Waals surface area contributed by atoms with Crippen LogP contribution >= 0.6 is 0 Å². The Balaban J connectivity index is 1.45. The fraction of sp³-hybridized carbons (Fsp3) is 0.633. The number of aryl methyl sites for hydroxylation is 1. The van der Waals surface area contributed by atoms with Crippen LogP contribution in [0, 0.1) is 10.1 Å². The lowest BCUT2D eigenvalue weighted by Crippen LogP contribution is -2.32. The first kappa shape index (κ1) is 28.0. The third-order valence-corrected chi connectivity index (χ3v) is 6.81. The van der Waals surface area contributed by atoms with Gasteiger partial charge in [-0.2, -0.15) is 0 Å². The summed E-state index contributed by atoms with van der Waals surface area (Å²) in [5, 5.41) is 11.2. The van der Waals surface area contributed by atoms with E-state index in [1.807, 2.05) is 12.1 Å². The van der Waals surface area contributed by atoms with Crippen LogP contribution in [-0.2, 0) is 13.0 Å². The molecular formula is C30H47N2O2+. The van der Waals surface area contributed by atoms with Gasteiger partial charge in [-0.25, -0.2) is 4.57 Å². The van der Waals surface area contributed by atoms with Gasteiger partial charge in [0.15, 0.2) is 12.4 Å². The van der Waals surface area contributed by atoms with Crippen LogP contribution in [0.4, 0.5) is 5.69 Å². The summed E-state index contributed by atoms with van der Waals surface area (Å²) in [7, 11) is 0. The van der Waals surface area contributed by atoms with Gasteiger partial charge in [-0.3, -0.25) is 10.1 Å². The zero-order chi connectivity index (χ0) is 24.3. The molecule has 2 rings (SSSR count). The van der Waals surface area contributed by atoms with Crippen LogP contribution in [0.1, 0.15) is 121 Å². The predicted molar refractivity (Wildman–Crippen MR) is 142 cm³/mol. The molecule has 0 aliphatic rings. The molecule has 0 saturated carbocycles. The Bertz CT molecular complexity index is 789. The highest BCUT2D eigenvalue weighted by molar-refractivity contribution is 5.42. The average molecular weight is 468 g/mol. The van der Waals surface area contributed by atoms with E-state index >= 15 is 0 Å². The van der Waals surface area contributed by atoms with Gasteiger partial charge in [-0.05, 0) is 12.0 Å². The second-order valence-electron chi connectivity index (χ2n) is 9.81. The largest absolute Gasteiger partial charge is 0.272 e. The number of nitrogens with zero attached hydrogens (tertiary/aromatic N) is 2. The summed E-state index contributed by atoms with van der Waals surface area (Å²) in [4.78, 5) is 10.9. The minimum atomic E-state index is -0.296. The quantitative estimate of drug-likeness (QED) is 0.0845. The standard InChI is InChI=1S/C30H47N2O2/c1-2-3-4-5-6-7-8-9-10-11-12-13-14-15-16-19-24-31-25-22-28(23-26-31)27-29-20-17-18-21-30(29)32(33)34/h17-18,20-23,25-26H,2-16,19,24,27H2,1H3/q+1. The van der Waals surface area contributed by atoms with E-state index in [1.165, 1.54) is 103 Å². The summed E-state index contributed by atoms with van der Waals surface area (Å²) >= 11 is 0. The van der Waals surface area contributed by atoms with Crippen LogP contribution in [0.25, 0.3) is 0 Å². The van der Waals surface area contributed by atoms with Gasteiger partial charge in [-0.1, -0.05) is 115 Å². The van der Waals surface area contributed by atoms with Crippen LogP contribution in [-0.4, -0.2) is 4.92 Å². The molecule has 0 spiro atoms. The molecule has 0 radical (unpaired) electrons. The molecule has 0 saturated heterocycles. The molecule has 0 amide bonds. The molecular weight excluding hydrogens is 420 g/mol. The number of benzene rings is 1. The molecule has 34 heavy (non-hydrogen) atoms. The number of aromatic nitrogens is 1. The second-order valence-corrected chi connectivity index (χ2v) is 9.81. The monoisotopic (exact) mass is 467 g/mol. The highest BCUT2D eigenvalue weighted by Gasteiger charge is 2.13. The van der Waals surface area contributed by atoms with Gasteiger partial charge in [0.05, 0.1) is 4.92 Å². The van der Waals surface area contributed by atoms with Gasteiger partial charge >= 0.3 is 0 Å². The Morgan fingerprint density at radius 3 is 1.65 bits per heavy atom. The minimum Gasteiger partial charge on any atom is -0.258 e. The smallest absolute Gasteiger partial charge is 0.258 e. The Labute approximate surface area is 208 Å². The first-order chi connectivity index (χ1) is 16.7. The molecule has 1 aromatic heterocycles. The molecule has 0 aliphatic carbocycles. The number of para-hydroxylation sites is 1. The van der Waals surface area contributed by atoms with Gasteiger partial charge in [0.2, 0.25) is 0 Å². The molecule has 0 fully saturated rings. The van der Waals surface area contributed by atoms with Crippen molar-refractivity contribution in [1.82, 2.24) is 0 Å². The van der Waals surface area contributed by atoms with Crippen molar-refractivity contribution in [3.05, 3.63) is 70.0 Å². The summed E-state index contributed by atoms with van der Waals surface area (Å²) in [6.07, 6.45) is 27.1. The van der Waals surface area contributed by atoms with Crippen molar-refractivity contribution in [3.63, 3.8) is 0 Å². The molecule has 0 aliphatic heterocycles. The third kappa shape index (κ3) is 12.3. The summed E-state index contributed by atoms with van der Waals surface area (Å²) in [6, 6.07) is 11.2. The molecule has 0 N–H and O–H groups in total. The Kier molecular flexibility index (Phi) is 14.9. The van der Waals surface area contributed by atoms with E-state index in [0.29, 0.717) is 6.42 Å². The van der Waals surface area contributed by atoms with Crippen LogP contribution in [0.3, 0.4) is 0 Å². The lowest BCUT2D eigenvalue weighted by Gasteiger charge is -2.04. The first-order valence-corrected chi connectivity index (χ1v) is 13.9. The van der Waals surface area contributed by atoms with Crippen LogP contribution in [0.2, 0.25) is 0 Å². The van der Waals surface area contributed by atoms with Gasteiger partial charge < -0.3 is 0 Å². The fourth-order valence-corrected chi connectivity index (χ4v) is 4.66. The van der Waals surface area contributed by atoms with Gasteiger partial charge in [-0.15, -0.1) is 0 Å². The van der Waals surface area contributed by atoms with Crippen molar-refractivity contribution in [2.24, 2.45) is 0 Å². The van der Waals surface area contributed by atoms with E-state index in [9.17, 15) is 10.1 Å². The molecule has 2 aromatic rings. The number of hydrogen-bond donors (Lipinski definition) is 0. The summed E-state index contributed by atoms with van der Waals surface area (Å²) in [5.41, 5.74) is 2.08. The summed E-state index contributed by atoms with van der Waals surface area (Å²) in [6.45, 7) is 3.33. The third-order valence-electron chi connectivity index (χ3n) is 6.81. The molecule has 0 atom stereocenters. The van der Waals surface area contributed by atoms with Crippen LogP contribution in [0.15, 0.2) is 48.8 Å². The van der Waals surface area contributed by atoms with Crippen molar-refractivity contribution in [3.8, 4) is 0 Å². The zero-order valence-corrected chi connectivity index (χ0v) is 21.6. The number of pyridine rings is 1. The van der Waals surface area contributed by atoms with E-state index in [4.69, 9.17) is 0 Å². The Morgan fingerprint density at radius 1 is 0.676 bits per heavy atom. The molecule has 0 bridgehead atoms. The normalized spacial score (nSPS) is 11.1. The fourth-order valence-electron chi connectivity index (χ4n) is 4.66. The Hall–Kier alpha value is -2.23. The topological polar surface area (TPSA) is 47.0 Å². The van der Waals surface area contributed by atoms with E-state index < -0.39 is 0 Å². The minimum absolute atomic E-state index is 0.201. The second kappa shape index (κ2) is 18.1. The maximum Gasteiger partial charge on any atom is 0.272 e. The molecule has 1 heterocycles. The van der Waals surface area contributed by atoms with E-state index in [1.54, 1.807) is 12.1 Å². The SMILES string of the molecule is CCCCCCCCCCCCCCCCCC[n+]1ccc(Cc2ccccc2[N+](=O)[O-])cc1. The number of rotatable bonds is 20. The predicted octanol–water partition coefficient (Wildman–Crippen LogP) is 8.73. The molecule has 1 aromatic carbocycles. The van der Waals surface area contributed by atoms with E-state index in [2.05, 4.69) is 36.0 Å². The summed E-state index contributed by atoms with van der Waals surface area (Å²) in [5.74, 6) is 0. The number of unbranched alkanes of at least 4 members (excludes halogenated alkanes) is 15. The van der Waals surface area contributed by atoms with Crippen molar-refractivity contribution >= 4 is 5.69 Å². The number of nitro benzene ring substituents is 1. The van der Waals surface area contributed by atoms with Crippen molar-refractivity contribution in [1.29, 1.82) is 0 Å². The summed E-state index contributed by atoms with van der Waals surface area (Å²) < 4.78 is 2.23. The Morgan fingerprint density at radius 2 is 1.15 bits per heavy atom. The maximum atomic E-state index is 11.2. The van der Waals surface area contributed by atoms with Crippen LogP contribution in [0.5, 0.6) is 0 Å². The van der Waals surface area contributed by atoms with E-state index in [0.717, 1.165) is 17.7 Å². The number of hydrogen-bond acceptors (Lipinski definition) is 2. The van der Waals surface area contributed by atoms with Gasteiger partial charge in [0, 0.05) is 36.6 Å². The van der Waals surface area contributed by atoms with E-state index in [-0.39, 0.29) is 10.6 Å². The molecule has 0 unspecified atom stereocenters. The zero-order valence-electron chi connectivity index (χ0n) is 21.6. The van der Waals surface area contributed by atoms with Crippen molar-refractivity contribution < 1.29 is 9.49 Å². The maximum absolute atomic E-state index is 11.2. The number of nitro groups is 1. The molecule has 4 nitrogen and oxygen atoms in total. The van der Waals surface area contributed by atoms with Gasteiger partial charge in [0.1, 0.15) is 6.54 Å². The molecule has 188 valence electrons. The lowest BCUT2D eigenvalue weighted by atomic mass is 10.0. The average Bonchev–Trinajstić information content (AvgIpc) is 2.85. The van der Waals surface area contributed by atoms with Gasteiger partial charge in [0.25, 0.3) is 5.69 Å². The first-order valence-electron chi connectivity index (χ1n) is 13.9.